The number of rotatable bonds is 2. The zero-order valence-corrected chi connectivity index (χ0v) is 10.6. The lowest BCUT2D eigenvalue weighted by Gasteiger charge is -2.29. The molecule has 0 bridgehead atoms. The molecule has 1 atom stereocenters. The van der Waals surface area contributed by atoms with Crippen LogP contribution >= 0.6 is 0 Å². The average Bonchev–Trinajstić information content (AvgIpc) is 3.00. The highest BCUT2D eigenvalue weighted by molar-refractivity contribution is 5.06. The third kappa shape index (κ3) is 2.21. The van der Waals surface area contributed by atoms with E-state index in [0.717, 1.165) is 17.6 Å². The summed E-state index contributed by atoms with van der Waals surface area (Å²) < 4.78 is 0. The number of likely N-dealkylation sites (tertiary alicyclic amines) is 1. The van der Waals surface area contributed by atoms with Gasteiger partial charge in [0.25, 0.3) is 0 Å². The predicted octanol–water partition coefficient (Wildman–Crippen LogP) is 2.86. The first-order valence-electron chi connectivity index (χ1n) is 6.90. The molecular formula is C14H21N3. The maximum absolute atomic E-state index is 4.62. The molecule has 1 saturated carbocycles. The predicted molar refractivity (Wildman–Crippen MR) is 67.7 cm³/mol. The van der Waals surface area contributed by atoms with Gasteiger partial charge in [0.15, 0.2) is 0 Å². The van der Waals surface area contributed by atoms with Crippen LogP contribution in [0, 0.1) is 6.92 Å². The first kappa shape index (κ1) is 11.1. The molecule has 17 heavy (non-hydrogen) atoms. The van der Waals surface area contributed by atoms with Crippen molar-refractivity contribution in [2.24, 2.45) is 0 Å². The molecule has 92 valence electrons. The molecule has 2 fully saturated rings. The van der Waals surface area contributed by atoms with E-state index in [9.17, 15) is 0 Å². The van der Waals surface area contributed by atoms with Crippen LogP contribution in [0.15, 0.2) is 12.3 Å². The Bertz CT molecular complexity index is 385. The van der Waals surface area contributed by atoms with Gasteiger partial charge in [-0.05, 0) is 45.2 Å². The highest BCUT2D eigenvalue weighted by Gasteiger charge is 2.34. The summed E-state index contributed by atoms with van der Waals surface area (Å²) in [7, 11) is 0. The molecule has 1 saturated heterocycles. The average molecular weight is 231 g/mol. The van der Waals surface area contributed by atoms with Crippen LogP contribution < -0.4 is 0 Å². The van der Waals surface area contributed by atoms with Crippen molar-refractivity contribution >= 4 is 0 Å². The zero-order valence-electron chi connectivity index (χ0n) is 10.6. The summed E-state index contributed by atoms with van der Waals surface area (Å²) in [6, 6.07) is 3.27. The Morgan fingerprint density at radius 1 is 1.18 bits per heavy atom. The van der Waals surface area contributed by atoms with Gasteiger partial charge >= 0.3 is 0 Å². The second-order valence-corrected chi connectivity index (χ2v) is 5.39. The zero-order chi connectivity index (χ0) is 11.7. The Morgan fingerprint density at radius 3 is 2.76 bits per heavy atom. The topological polar surface area (TPSA) is 29.0 Å². The van der Waals surface area contributed by atoms with E-state index in [4.69, 9.17) is 0 Å². The molecule has 0 unspecified atom stereocenters. The minimum Gasteiger partial charge on any atom is -0.290 e. The van der Waals surface area contributed by atoms with Crippen molar-refractivity contribution in [1.29, 1.82) is 0 Å². The molecule has 1 aliphatic heterocycles. The third-order valence-corrected chi connectivity index (χ3v) is 4.20. The molecule has 0 radical (unpaired) electrons. The Balaban J connectivity index is 1.81. The molecular weight excluding hydrogens is 210 g/mol. The van der Waals surface area contributed by atoms with Crippen LogP contribution in [0.5, 0.6) is 0 Å². The lowest BCUT2D eigenvalue weighted by molar-refractivity contribution is 0.176. The minimum absolute atomic E-state index is 0.484. The summed E-state index contributed by atoms with van der Waals surface area (Å²) in [5, 5.41) is 0. The largest absolute Gasteiger partial charge is 0.290 e. The molecule has 2 heterocycles. The van der Waals surface area contributed by atoms with E-state index in [2.05, 4.69) is 21.8 Å². The molecule has 0 spiro atoms. The van der Waals surface area contributed by atoms with Crippen LogP contribution in [0.3, 0.4) is 0 Å². The van der Waals surface area contributed by atoms with E-state index in [1.165, 1.54) is 45.1 Å². The fraction of sp³-hybridized carbons (Fsp3) is 0.714. The highest BCUT2D eigenvalue weighted by atomic mass is 15.2. The van der Waals surface area contributed by atoms with Gasteiger partial charge in [0.1, 0.15) is 5.82 Å². The van der Waals surface area contributed by atoms with Crippen LogP contribution in [0.4, 0.5) is 0 Å². The Morgan fingerprint density at radius 2 is 2.00 bits per heavy atom. The van der Waals surface area contributed by atoms with Crippen molar-refractivity contribution in [2.45, 2.75) is 57.5 Å². The van der Waals surface area contributed by atoms with Crippen LogP contribution in [-0.2, 0) is 0 Å². The summed E-state index contributed by atoms with van der Waals surface area (Å²) in [6.07, 6.45) is 10.0. The van der Waals surface area contributed by atoms with Crippen molar-refractivity contribution < 1.29 is 0 Å². The lowest BCUT2D eigenvalue weighted by atomic mass is 10.1. The maximum atomic E-state index is 4.62. The standard InChI is InChI=1S/C14H21N3/c1-11-8-9-15-14(16-11)13-7-4-10-17(13)12-5-2-3-6-12/h8-9,12-13H,2-7,10H2,1H3/t13-/m1/s1. The van der Waals surface area contributed by atoms with Crippen molar-refractivity contribution in [3.8, 4) is 0 Å². The summed E-state index contributed by atoms with van der Waals surface area (Å²) in [5.74, 6) is 1.05. The molecule has 3 heteroatoms. The van der Waals surface area contributed by atoms with Gasteiger partial charge in [-0.15, -0.1) is 0 Å². The molecule has 0 aromatic carbocycles. The van der Waals surface area contributed by atoms with Gasteiger partial charge in [-0.25, -0.2) is 9.97 Å². The maximum Gasteiger partial charge on any atom is 0.145 e. The fourth-order valence-electron chi connectivity index (χ4n) is 3.37. The Labute approximate surface area is 103 Å². The van der Waals surface area contributed by atoms with E-state index in [1.54, 1.807) is 0 Å². The van der Waals surface area contributed by atoms with Crippen LogP contribution in [0.25, 0.3) is 0 Å². The minimum atomic E-state index is 0.484. The second-order valence-electron chi connectivity index (χ2n) is 5.39. The van der Waals surface area contributed by atoms with Crippen molar-refractivity contribution in [3.05, 3.63) is 23.8 Å². The van der Waals surface area contributed by atoms with E-state index < -0.39 is 0 Å². The summed E-state index contributed by atoms with van der Waals surface area (Å²) in [5.41, 5.74) is 1.09. The number of hydrogen-bond acceptors (Lipinski definition) is 3. The smallest absolute Gasteiger partial charge is 0.145 e. The molecule has 0 N–H and O–H groups in total. The highest BCUT2D eigenvalue weighted by Crippen LogP contribution is 2.36. The van der Waals surface area contributed by atoms with E-state index >= 15 is 0 Å². The number of nitrogens with zero attached hydrogens (tertiary/aromatic N) is 3. The number of aryl methyl sites for hydroxylation is 1. The molecule has 3 nitrogen and oxygen atoms in total. The molecule has 0 amide bonds. The van der Waals surface area contributed by atoms with E-state index in [-0.39, 0.29) is 0 Å². The molecule has 2 aliphatic rings. The van der Waals surface area contributed by atoms with Crippen molar-refractivity contribution in [3.63, 3.8) is 0 Å². The first-order valence-corrected chi connectivity index (χ1v) is 6.90. The van der Waals surface area contributed by atoms with E-state index in [0.29, 0.717) is 6.04 Å². The monoisotopic (exact) mass is 231 g/mol. The molecule has 1 aromatic heterocycles. The van der Waals surface area contributed by atoms with Gasteiger partial charge in [-0.1, -0.05) is 12.8 Å². The Hall–Kier alpha value is -0.960. The molecule has 3 rings (SSSR count). The van der Waals surface area contributed by atoms with Crippen LogP contribution in [0.1, 0.15) is 56.1 Å². The van der Waals surface area contributed by atoms with Crippen LogP contribution in [0.2, 0.25) is 0 Å². The van der Waals surface area contributed by atoms with Gasteiger partial charge in [0, 0.05) is 17.9 Å². The fourth-order valence-corrected chi connectivity index (χ4v) is 3.37. The van der Waals surface area contributed by atoms with E-state index in [1.807, 2.05) is 12.3 Å². The van der Waals surface area contributed by atoms with Gasteiger partial charge < -0.3 is 0 Å². The van der Waals surface area contributed by atoms with Gasteiger partial charge in [0.2, 0.25) is 0 Å². The number of hydrogen-bond donors (Lipinski definition) is 0. The Kier molecular flexibility index (Phi) is 3.10. The van der Waals surface area contributed by atoms with Gasteiger partial charge in [-0.2, -0.15) is 0 Å². The normalized spacial score (nSPS) is 26.8. The number of aromatic nitrogens is 2. The van der Waals surface area contributed by atoms with Crippen molar-refractivity contribution in [2.75, 3.05) is 6.54 Å². The summed E-state index contributed by atoms with van der Waals surface area (Å²) in [6.45, 7) is 3.30. The SMILES string of the molecule is Cc1ccnc([C@H]2CCCN2C2CCCC2)n1. The summed E-state index contributed by atoms with van der Waals surface area (Å²) >= 11 is 0. The molecule has 1 aromatic rings. The second kappa shape index (κ2) is 4.73. The molecule has 1 aliphatic carbocycles. The first-order chi connectivity index (χ1) is 8.34. The van der Waals surface area contributed by atoms with Crippen LogP contribution in [-0.4, -0.2) is 27.5 Å². The quantitative estimate of drug-likeness (QED) is 0.783. The summed E-state index contributed by atoms with van der Waals surface area (Å²) in [4.78, 5) is 11.8. The van der Waals surface area contributed by atoms with Gasteiger partial charge in [0.05, 0.1) is 6.04 Å². The third-order valence-electron chi connectivity index (χ3n) is 4.20. The lowest BCUT2D eigenvalue weighted by Crippen LogP contribution is -2.33. The van der Waals surface area contributed by atoms with Crippen molar-refractivity contribution in [1.82, 2.24) is 14.9 Å². The van der Waals surface area contributed by atoms with Gasteiger partial charge in [-0.3, -0.25) is 4.90 Å².